The molecule has 5 heteroatoms. The lowest BCUT2D eigenvalue weighted by atomic mass is 10.2. The van der Waals surface area contributed by atoms with Crippen LogP contribution in [0.5, 0.6) is 5.75 Å². The zero-order valence-electron chi connectivity index (χ0n) is 10.6. The Morgan fingerprint density at radius 3 is 2.65 bits per heavy atom. The van der Waals surface area contributed by atoms with Crippen LogP contribution in [0.15, 0.2) is 46.9 Å². The lowest BCUT2D eigenvalue weighted by Crippen LogP contribution is -2.00. The minimum Gasteiger partial charge on any atom is -0.436 e. The van der Waals surface area contributed by atoms with E-state index in [1.165, 1.54) is 6.92 Å². The predicted molar refractivity (Wildman–Crippen MR) is 75.8 cm³/mol. The van der Waals surface area contributed by atoms with Gasteiger partial charge in [0.2, 0.25) is 5.89 Å². The fourth-order valence-corrected chi connectivity index (χ4v) is 2.02. The number of ether oxygens (including phenoxy) is 1. The summed E-state index contributed by atoms with van der Waals surface area (Å²) in [7, 11) is 0. The molecule has 0 unspecified atom stereocenters. The van der Waals surface area contributed by atoms with E-state index in [9.17, 15) is 4.79 Å². The maximum atomic E-state index is 10.9. The molecule has 1 aromatic heterocycles. The predicted octanol–water partition coefficient (Wildman–Crippen LogP) is 4.07. The second kappa shape index (κ2) is 4.98. The summed E-state index contributed by atoms with van der Waals surface area (Å²) in [5, 5.41) is 0.613. The third-order valence-electron chi connectivity index (χ3n) is 2.71. The molecular formula is C15H10ClNO3. The molecular weight excluding hydrogens is 278 g/mol. The van der Waals surface area contributed by atoms with E-state index in [2.05, 4.69) is 4.98 Å². The molecule has 3 rings (SSSR count). The van der Waals surface area contributed by atoms with Gasteiger partial charge in [-0.15, -0.1) is 0 Å². The van der Waals surface area contributed by atoms with E-state index in [0.717, 1.165) is 5.56 Å². The SMILES string of the molecule is CC(=O)Oc1ccc(-c2nc3cc(Cl)ccc3o2)cc1. The van der Waals surface area contributed by atoms with E-state index in [1.54, 1.807) is 42.5 Å². The number of benzene rings is 2. The topological polar surface area (TPSA) is 52.3 Å². The van der Waals surface area contributed by atoms with Crippen LogP contribution in [0.3, 0.4) is 0 Å². The van der Waals surface area contributed by atoms with Crippen LogP contribution in [0.25, 0.3) is 22.6 Å². The molecule has 0 aliphatic carbocycles. The Balaban J connectivity index is 1.96. The number of nitrogens with zero attached hydrogens (tertiary/aromatic N) is 1. The summed E-state index contributed by atoms with van der Waals surface area (Å²) in [4.78, 5) is 15.2. The number of rotatable bonds is 2. The molecule has 0 aliphatic heterocycles. The molecule has 1 heterocycles. The Bertz CT molecular complexity index is 777. The average molecular weight is 288 g/mol. The first kappa shape index (κ1) is 12.7. The molecule has 0 atom stereocenters. The molecule has 0 fully saturated rings. The Kier molecular flexibility index (Phi) is 3.16. The number of oxazole rings is 1. The van der Waals surface area contributed by atoms with Crippen LogP contribution in [0.2, 0.25) is 5.02 Å². The van der Waals surface area contributed by atoms with E-state index in [-0.39, 0.29) is 5.97 Å². The van der Waals surface area contributed by atoms with Gasteiger partial charge < -0.3 is 9.15 Å². The van der Waals surface area contributed by atoms with E-state index >= 15 is 0 Å². The molecule has 0 bridgehead atoms. The van der Waals surface area contributed by atoms with Gasteiger partial charge >= 0.3 is 5.97 Å². The quantitative estimate of drug-likeness (QED) is 0.526. The molecule has 100 valence electrons. The summed E-state index contributed by atoms with van der Waals surface area (Å²) in [6.07, 6.45) is 0. The number of carbonyl (C=O) groups is 1. The van der Waals surface area contributed by atoms with Crippen molar-refractivity contribution < 1.29 is 13.9 Å². The van der Waals surface area contributed by atoms with Gasteiger partial charge in [-0.1, -0.05) is 11.6 Å². The van der Waals surface area contributed by atoms with Crippen LogP contribution in [0.4, 0.5) is 0 Å². The highest BCUT2D eigenvalue weighted by molar-refractivity contribution is 6.31. The Hall–Kier alpha value is -2.33. The number of hydrogen-bond donors (Lipinski definition) is 0. The highest BCUT2D eigenvalue weighted by Gasteiger charge is 2.09. The number of aromatic nitrogens is 1. The molecule has 20 heavy (non-hydrogen) atoms. The summed E-state index contributed by atoms with van der Waals surface area (Å²) >= 11 is 5.91. The van der Waals surface area contributed by atoms with Gasteiger partial charge in [0.15, 0.2) is 5.58 Å². The molecule has 0 saturated heterocycles. The van der Waals surface area contributed by atoms with Crippen molar-refractivity contribution in [2.24, 2.45) is 0 Å². The van der Waals surface area contributed by atoms with Crippen LogP contribution >= 0.6 is 11.6 Å². The third kappa shape index (κ3) is 2.51. The van der Waals surface area contributed by atoms with Gasteiger partial charge in [-0.3, -0.25) is 4.79 Å². The van der Waals surface area contributed by atoms with Crippen molar-refractivity contribution in [1.29, 1.82) is 0 Å². The van der Waals surface area contributed by atoms with Crippen molar-refractivity contribution >= 4 is 28.7 Å². The zero-order valence-corrected chi connectivity index (χ0v) is 11.3. The summed E-state index contributed by atoms with van der Waals surface area (Å²) in [6.45, 7) is 1.36. The van der Waals surface area contributed by atoms with Gasteiger partial charge in [0, 0.05) is 17.5 Å². The van der Waals surface area contributed by atoms with Crippen molar-refractivity contribution in [1.82, 2.24) is 4.98 Å². The van der Waals surface area contributed by atoms with Crippen LogP contribution in [0, 0.1) is 0 Å². The molecule has 0 N–H and O–H groups in total. The van der Waals surface area contributed by atoms with Crippen LogP contribution in [-0.4, -0.2) is 11.0 Å². The Morgan fingerprint density at radius 1 is 1.20 bits per heavy atom. The van der Waals surface area contributed by atoms with Gasteiger partial charge in [-0.05, 0) is 42.5 Å². The third-order valence-corrected chi connectivity index (χ3v) is 2.95. The molecule has 0 radical (unpaired) electrons. The summed E-state index contributed by atoms with van der Waals surface area (Å²) < 4.78 is 10.6. The average Bonchev–Trinajstić information content (AvgIpc) is 2.81. The highest BCUT2D eigenvalue weighted by Crippen LogP contribution is 2.27. The smallest absolute Gasteiger partial charge is 0.308 e. The largest absolute Gasteiger partial charge is 0.436 e. The van der Waals surface area contributed by atoms with Crippen molar-refractivity contribution in [2.75, 3.05) is 0 Å². The number of hydrogen-bond acceptors (Lipinski definition) is 4. The second-order valence-electron chi connectivity index (χ2n) is 4.25. The Labute approximate surface area is 119 Å². The van der Waals surface area contributed by atoms with Gasteiger partial charge in [0.1, 0.15) is 11.3 Å². The fraction of sp³-hybridized carbons (Fsp3) is 0.0667. The summed E-state index contributed by atoms with van der Waals surface area (Å²) in [6, 6.07) is 12.2. The number of halogens is 1. The Morgan fingerprint density at radius 2 is 1.95 bits per heavy atom. The van der Waals surface area contributed by atoms with Gasteiger partial charge in [-0.25, -0.2) is 4.98 Å². The molecule has 0 aliphatic rings. The molecule has 0 saturated carbocycles. The first-order chi connectivity index (χ1) is 9.61. The van der Waals surface area contributed by atoms with Gasteiger partial charge in [0.25, 0.3) is 0 Å². The first-order valence-electron chi connectivity index (χ1n) is 5.97. The van der Waals surface area contributed by atoms with E-state index in [0.29, 0.717) is 27.8 Å². The standard InChI is InChI=1S/C15H10ClNO3/c1-9(18)19-12-5-2-10(3-6-12)15-17-13-8-11(16)4-7-14(13)20-15/h2-8H,1H3. The summed E-state index contributed by atoms with van der Waals surface area (Å²) in [5.74, 6) is 0.631. The first-order valence-corrected chi connectivity index (χ1v) is 6.34. The van der Waals surface area contributed by atoms with Crippen LogP contribution < -0.4 is 4.74 Å². The molecule has 0 amide bonds. The monoisotopic (exact) mass is 287 g/mol. The molecule has 4 nitrogen and oxygen atoms in total. The number of fused-ring (bicyclic) bond motifs is 1. The lowest BCUT2D eigenvalue weighted by Gasteiger charge is -2.01. The minimum absolute atomic E-state index is 0.353. The van der Waals surface area contributed by atoms with Gasteiger partial charge in [0.05, 0.1) is 0 Å². The number of esters is 1. The van der Waals surface area contributed by atoms with E-state index in [1.807, 2.05) is 0 Å². The second-order valence-corrected chi connectivity index (χ2v) is 4.69. The summed E-state index contributed by atoms with van der Waals surface area (Å²) in [5.41, 5.74) is 2.18. The minimum atomic E-state index is -0.353. The maximum Gasteiger partial charge on any atom is 0.308 e. The zero-order chi connectivity index (χ0) is 14.1. The van der Waals surface area contributed by atoms with Crippen LogP contribution in [0.1, 0.15) is 6.92 Å². The molecule has 3 aromatic rings. The molecule has 2 aromatic carbocycles. The number of carbonyl (C=O) groups excluding carboxylic acids is 1. The molecule has 0 spiro atoms. The van der Waals surface area contributed by atoms with E-state index < -0.39 is 0 Å². The highest BCUT2D eigenvalue weighted by atomic mass is 35.5. The van der Waals surface area contributed by atoms with Gasteiger partial charge in [-0.2, -0.15) is 0 Å². The van der Waals surface area contributed by atoms with Crippen molar-refractivity contribution in [3.8, 4) is 17.2 Å². The normalized spacial score (nSPS) is 10.7. The van der Waals surface area contributed by atoms with Crippen molar-refractivity contribution in [2.45, 2.75) is 6.92 Å². The maximum absolute atomic E-state index is 10.9. The van der Waals surface area contributed by atoms with E-state index in [4.69, 9.17) is 20.8 Å². The van der Waals surface area contributed by atoms with Crippen LogP contribution in [-0.2, 0) is 4.79 Å². The van der Waals surface area contributed by atoms with Crippen molar-refractivity contribution in [3.63, 3.8) is 0 Å². The lowest BCUT2D eigenvalue weighted by molar-refractivity contribution is -0.131. The van der Waals surface area contributed by atoms with Crippen molar-refractivity contribution in [3.05, 3.63) is 47.5 Å². The fourth-order valence-electron chi connectivity index (χ4n) is 1.86.